The summed E-state index contributed by atoms with van der Waals surface area (Å²) < 4.78 is 9.75. The molecule has 0 spiro atoms. The van der Waals surface area contributed by atoms with Gasteiger partial charge < -0.3 is 14.4 Å². The molecular weight excluding hydrogens is 260 g/mol. The number of aliphatic hydroxyl groups is 1. The second-order valence-corrected chi connectivity index (χ2v) is 5.38. The third kappa shape index (κ3) is 3.19. The van der Waals surface area contributed by atoms with Gasteiger partial charge in [0.25, 0.3) is 0 Å². The SMILES string of the molecule is COC(=O)C(O)C1CCN(Cc2c(C)noc2C)CC1. The Kier molecular flexibility index (Phi) is 4.77. The minimum atomic E-state index is -0.999. The van der Waals surface area contributed by atoms with Crippen molar-refractivity contribution in [2.24, 2.45) is 5.92 Å². The molecule has 1 aromatic heterocycles. The monoisotopic (exact) mass is 282 g/mol. The molecule has 112 valence electrons. The normalized spacial score (nSPS) is 19.0. The molecule has 0 saturated carbocycles. The van der Waals surface area contributed by atoms with Gasteiger partial charge in [-0.25, -0.2) is 4.79 Å². The van der Waals surface area contributed by atoms with Crippen LogP contribution in [0.15, 0.2) is 4.52 Å². The van der Waals surface area contributed by atoms with Gasteiger partial charge in [0.05, 0.1) is 12.8 Å². The van der Waals surface area contributed by atoms with E-state index in [-0.39, 0.29) is 5.92 Å². The highest BCUT2D eigenvalue weighted by Crippen LogP contribution is 2.24. The summed E-state index contributed by atoms with van der Waals surface area (Å²) in [4.78, 5) is 13.6. The minimum absolute atomic E-state index is 0.0108. The molecule has 1 atom stereocenters. The molecule has 0 bridgehead atoms. The van der Waals surface area contributed by atoms with Crippen LogP contribution in [0.5, 0.6) is 0 Å². The Morgan fingerprint density at radius 2 is 2.15 bits per heavy atom. The number of piperidine rings is 1. The Hall–Kier alpha value is -1.40. The maximum Gasteiger partial charge on any atom is 0.334 e. The van der Waals surface area contributed by atoms with Crippen molar-refractivity contribution in [1.29, 1.82) is 0 Å². The van der Waals surface area contributed by atoms with E-state index in [1.54, 1.807) is 0 Å². The molecule has 1 unspecified atom stereocenters. The molecule has 2 rings (SSSR count). The molecule has 1 fully saturated rings. The predicted octanol–water partition coefficient (Wildman–Crippen LogP) is 1.04. The first-order valence-corrected chi connectivity index (χ1v) is 6.93. The number of ether oxygens (including phenoxy) is 1. The zero-order valence-corrected chi connectivity index (χ0v) is 12.3. The maximum atomic E-state index is 11.3. The summed E-state index contributed by atoms with van der Waals surface area (Å²) in [5, 5.41) is 13.8. The zero-order valence-electron chi connectivity index (χ0n) is 12.3. The number of rotatable bonds is 4. The molecule has 0 amide bonds. The summed E-state index contributed by atoms with van der Waals surface area (Å²) in [6.07, 6.45) is 0.584. The number of aliphatic hydroxyl groups excluding tert-OH is 1. The van der Waals surface area contributed by atoms with Gasteiger partial charge in [-0.3, -0.25) is 4.90 Å². The molecule has 0 aliphatic carbocycles. The van der Waals surface area contributed by atoms with E-state index in [0.29, 0.717) is 0 Å². The summed E-state index contributed by atoms with van der Waals surface area (Å²) in [7, 11) is 1.30. The summed E-state index contributed by atoms with van der Waals surface area (Å²) in [6.45, 7) is 6.37. The van der Waals surface area contributed by atoms with Crippen LogP contribution in [0, 0.1) is 19.8 Å². The average molecular weight is 282 g/mol. The predicted molar refractivity (Wildman–Crippen MR) is 72.0 cm³/mol. The molecule has 6 heteroatoms. The fourth-order valence-electron chi connectivity index (χ4n) is 2.69. The standard InChI is InChI=1S/C14H22N2O4/c1-9-12(10(2)20-15-9)8-16-6-4-11(5-7-16)13(17)14(18)19-3/h11,13,17H,4-8H2,1-3H3. The number of hydrogen-bond acceptors (Lipinski definition) is 6. The number of likely N-dealkylation sites (tertiary alicyclic amines) is 1. The number of nitrogens with zero attached hydrogens (tertiary/aromatic N) is 2. The van der Waals surface area contributed by atoms with Crippen LogP contribution in [-0.2, 0) is 16.1 Å². The summed E-state index contributed by atoms with van der Waals surface area (Å²) in [5.74, 6) is 0.316. The molecular formula is C14H22N2O4. The van der Waals surface area contributed by atoms with Crippen molar-refractivity contribution in [3.05, 3.63) is 17.0 Å². The van der Waals surface area contributed by atoms with Crippen LogP contribution in [-0.4, -0.2) is 47.4 Å². The van der Waals surface area contributed by atoms with Gasteiger partial charge in [0.15, 0.2) is 6.10 Å². The number of aromatic nitrogens is 1. The van der Waals surface area contributed by atoms with Gasteiger partial charge in [-0.15, -0.1) is 0 Å². The third-order valence-electron chi connectivity index (χ3n) is 4.08. The van der Waals surface area contributed by atoms with Crippen LogP contribution in [0.2, 0.25) is 0 Å². The zero-order chi connectivity index (χ0) is 14.7. The molecule has 1 aliphatic rings. The average Bonchev–Trinajstić information content (AvgIpc) is 2.78. The van der Waals surface area contributed by atoms with Crippen molar-refractivity contribution in [3.8, 4) is 0 Å². The number of esters is 1. The summed E-state index contributed by atoms with van der Waals surface area (Å²) in [5.41, 5.74) is 2.07. The van der Waals surface area contributed by atoms with Crippen molar-refractivity contribution in [1.82, 2.24) is 10.1 Å². The number of aryl methyl sites for hydroxylation is 2. The second kappa shape index (κ2) is 6.37. The van der Waals surface area contributed by atoms with E-state index in [4.69, 9.17) is 4.52 Å². The van der Waals surface area contributed by atoms with E-state index in [0.717, 1.165) is 49.5 Å². The largest absolute Gasteiger partial charge is 0.467 e. The Labute approximate surface area is 118 Å². The molecule has 1 saturated heterocycles. The van der Waals surface area contributed by atoms with Gasteiger partial charge in [0.2, 0.25) is 0 Å². The van der Waals surface area contributed by atoms with Crippen molar-refractivity contribution in [3.63, 3.8) is 0 Å². The fourth-order valence-corrected chi connectivity index (χ4v) is 2.69. The van der Waals surface area contributed by atoms with E-state index in [2.05, 4.69) is 14.8 Å². The lowest BCUT2D eigenvalue weighted by Crippen LogP contribution is -2.40. The Morgan fingerprint density at radius 3 is 2.65 bits per heavy atom. The summed E-state index contributed by atoms with van der Waals surface area (Å²) in [6, 6.07) is 0. The topological polar surface area (TPSA) is 75.8 Å². The highest BCUT2D eigenvalue weighted by Gasteiger charge is 2.30. The highest BCUT2D eigenvalue weighted by molar-refractivity contribution is 5.74. The molecule has 0 aromatic carbocycles. The smallest absolute Gasteiger partial charge is 0.334 e. The molecule has 0 radical (unpaired) electrons. The lowest BCUT2D eigenvalue weighted by molar-refractivity contribution is -0.154. The van der Waals surface area contributed by atoms with Crippen molar-refractivity contribution in [2.75, 3.05) is 20.2 Å². The van der Waals surface area contributed by atoms with Crippen molar-refractivity contribution in [2.45, 2.75) is 39.3 Å². The molecule has 2 heterocycles. The maximum absolute atomic E-state index is 11.3. The first-order chi connectivity index (χ1) is 9.52. The molecule has 1 aromatic rings. The van der Waals surface area contributed by atoms with E-state index in [9.17, 15) is 9.90 Å². The first-order valence-electron chi connectivity index (χ1n) is 6.93. The van der Waals surface area contributed by atoms with Gasteiger partial charge in [0, 0.05) is 12.1 Å². The quantitative estimate of drug-likeness (QED) is 0.832. The second-order valence-electron chi connectivity index (χ2n) is 5.38. The van der Waals surface area contributed by atoms with E-state index in [1.807, 2.05) is 13.8 Å². The van der Waals surface area contributed by atoms with Crippen LogP contribution in [0.4, 0.5) is 0 Å². The van der Waals surface area contributed by atoms with Gasteiger partial charge in [-0.2, -0.15) is 0 Å². The Balaban J connectivity index is 1.87. The van der Waals surface area contributed by atoms with Gasteiger partial charge in [-0.05, 0) is 45.7 Å². The van der Waals surface area contributed by atoms with E-state index < -0.39 is 12.1 Å². The van der Waals surface area contributed by atoms with Crippen LogP contribution >= 0.6 is 0 Å². The van der Waals surface area contributed by atoms with Gasteiger partial charge >= 0.3 is 5.97 Å². The van der Waals surface area contributed by atoms with Crippen LogP contribution in [0.1, 0.15) is 29.9 Å². The van der Waals surface area contributed by atoms with E-state index in [1.165, 1.54) is 7.11 Å². The van der Waals surface area contributed by atoms with Gasteiger partial charge in [-0.1, -0.05) is 5.16 Å². The first kappa shape index (κ1) is 15.0. The van der Waals surface area contributed by atoms with Gasteiger partial charge in [0.1, 0.15) is 5.76 Å². The minimum Gasteiger partial charge on any atom is -0.467 e. The van der Waals surface area contributed by atoms with Crippen LogP contribution in [0.25, 0.3) is 0 Å². The van der Waals surface area contributed by atoms with Crippen molar-refractivity contribution < 1.29 is 19.2 Å². The lowest BCUT2D eigenvalue weighted by Gasteiger charge is -2.33. The third-order valence-corrected chi connectivity index (χ3v) is 4.08. The van der Waals surface area contributed by atoms with E-state index >= 15 is 0 Å². The molecule has 20 heavy (non-hydrogen) atoms. The lowest BCUT2D eigenvalue weighted by atomic mass is 9.91. The molecule has 1 aliphatic heterocycles. The number of carbonyl (C=O) groups is 1. The highest BCUT2D eigenvalue weighted by atomic mass is 16.5. The number of hydrogen-bond donors (Lipinski definition) is 1. The van der Waals surface area contributed by atoms with Crippen molar-refractivity contribution >= 4 is 5.97 Å². The van der Waals surface area contributed by atoms with Crippen LogP contribution in [0.3, 0.4) is 0 Å². The number of carbonyl (C=O) groups excluding carboxylic acids is 1. The molecule has 1 N–H and O–H groups in total. The fraction of sp³-hybridized carbons (Fsp3) is 0.714. The number of methoxy groups -OCH3 is 1. The summed E-state index contributed by atoms with van der Waals surface area (Å²) >= 11 is 0. The van der Waals surface area contributed by atoms with Crippen LogP contribution < -0.4 is 0 Å². The Bertz CT molecular complexity index is 444. The Morgan fingerprint density at radius 1 is 1.50 bits per heavy atom. The molecule has 6 nitrogen and oxygen atoms in total.